The maximum absolute atomic E-state index is 13.2. The van der Waals surface area contributed by atoms with Crippen LogP contribution in [0, 0.1) is 5.82 Å². The van der Waals surface area contributed by atoms with E-state index in [0.29, 0.717) is 16.6 Å². The molecule has 0 radical (unpaired) electrons. The minimum Gasteiger partial charge on any atom is -0.348 e. The summed E-state index contributed by atoms with van der Waals surface area (Å²) in [6.45, 7) is 0.412. The summed E-state index contributed by atoms with van der Waals surface area (Å²) in [4.78, 5) is 11.9. The average molecular weight is 401 g/mol. The normalized spacial score (nSPS) is 10.3. The molecule has 104 valence electrons. The lowest BCUT2D eigenvalue weighted by molar-refractivity contribution is 0.0950. The number of benzene rings is 2. The standard InChI is InChI=1S/C15H12Br2FNO/c16-8-10-1-3-11(4-2-10)9-19-15(20)12-5-13(17)7-14(18)6-12/h1-7H,8-9H2,(H,19,20). The molecule has 0 saturated carbocycles. The zero-order valence-electron chi connectivity index (χ0n) is 10.5. The average Bonchev–Trinajstić information content (AvgIpc) is 2.44. The Kier molecular flexibility index (Phi) is 5.31. The molecule has 1 amide bonds. The Morgan fingerprint density at radius 1 is 1.10 bits per heavy atom. The van der Waals surface area contributed by atoms with Gasteiger partial charge in [0.25, 0.3) is 5.91 Å². The van der Waals surface area contributed by atoms with E-state index in [-0.39, 0.29) is 5.91 Å². The molecule has 0 saturated heterocycles. The predicted molar refractivity (Wildman–Crippen MR) is 84.3 cm³/mol. The first-order valence-corrected chi connectivity index (χ1v) is 7.88. The summed E-state index contributed by atoms with van der Waals surface area (Å²) in [5.74, 6) is -0.735. The molecular formula is C15H12Br2FNO. The van der Waals surface area contributed by atoms with Crippen molar-refractivity contribution in [2.45, 2.75) is 11.9 Å². The quantitative estimate of drug-likeness (QED) is 0.756. The summed E-state index contributed by atoms with van der Waals surface area (Å²) >= 11 is 6.55. The molecule has 1 N–H and O–H groups in total. The second-order valence-corrected chi connectivity index (χ2v) is 5.77. The largest absolute Gasteiger partial charge is 0.348 e. The molecule has 0 fully saturated rings. The molecular weight excluding hydrogens is 389 g/mol. The fraction of sp³-hybridized carbons (Fsp3) is 0.133. The molecule has 2 aromatic rings. The molecule has 0 aromatic heterocycles. The number of hydrogen-bond acceptors (Lipinski definition) is 1. The van der Waals surface area contributed by atoms with Gasteiger partial charge in [0.2, 0.25) is 0 Å². The second kappa shape index (κ2) is 6.99. The van der Waals surface area contributed by atoms with Crippen LogP contribution in [0.15, 0.2) is 46.9 Å². The molecule has 0 aliphatic heterocycles. The highest BCUT2D eigenvalue weighted by Crippen LogP contribution is 2.15. The second-order valence-electron chi connectivity index (χ2n) is 4.29. The smallest absolute Gasteiger partial charge is 0.251 e. The van der Waals surface area contributed by atoms with E-state index in [4.69, 9.17) is 0 Å². The van der Waals surface area contributed by atoms with Gasteiger partial charge >= 0.3 is 0 Å². The molecule has 0 aliphatic rings. The van der Waals surface area contributed by atoms with E-state index < -0.39 is 5.82 Å². The topological polar surface area (TPSA) is 29.1 Å². The summed E-state index contributed by atoms with van der Waals surface area (Å²) in [7, 11) is 0. The van der Waals surface area contributed by atoms with Crippen molar-refractivity contribution in [1.29, 1.82) is 0 Å². The zero-order valence-corrected chi connectivity index (χ0v) is 13.7. The van der Waals surface area contributed by atoms with Crippen molar-refractivity contribution in [2.24, 2.45) is 0 Å². The van der Waals surface area contributed by atoms with E-state index in [1.165, 1.54) is 17.7 Å². The Balaban J connectivity index is 2.00. The summed E-state index contributed by atoms with van der Waals surface area (Å²) in [5, 5.41) is 3.57. The van der Waals surface area contributed by atoms with Gasteiger partial charge < -0.3 is 5.32 Å². The van der Waals surface area contributed by atoms with Crippen LogP contribution < -0.4 is 5.32 Å². The molecule has 5 heteroatoms. The van der Waals surface area contributed by atoms with Crippen molar-refractivity contribution < 1.29 is 9.18 Å². The number of hydrogen-bond donors (Lipinski definition) is 1. The van der Waals surface area contributed by atoms with E-state index >= 15 is 0 Å². The molecule has 0 heterocycles. The van der Waals surface area contributed by atoms with Crippen LogP contribution in [0.3, 0.4) is 0 Å². The van der Waals surface area contributed by atoms with Crippen molar-refractivity contribution in [2.75, 3.05) is 0 Å². The first-order chi connectivity index (χ1) is 9.58. The molecule has 0 atom stereocenters. The lowest BCUT2D eigenvalue weighted by Crippen LogP contribution is -2.22. The lowest BCUT2D eigenvalue weighted by Gasteiger charge is -2.07. The number of carbonyl (C=O) groups is 1. The molecule has 2 rings (SSSR count). The van der Waals surface area contributed by atoms with Gasteiger partial charge in [0, 0.05) is 21.9 Å². The lowest BCUT2D eigenvalue weighted by atomic mass is 10.1. The van der Waals surface area contributed by atoms with Crippen LogP contribution in [0.2, 0.25) is 0 Å². The number of nitrogens with one attached hydrogen (secondary N) is 1. The first kappa shape index (κ1) is 15.2. The van der Waals surface area contributed by atoms with E-state index in [2.05, 4.69) is 37.2 Å². The SMILES string of the molecule is O=C(NCc1ccc(CBr)cc1)c1cc(F)cc(Br)c1. The van der Waals surface area contributed by atoms with Crippen LogP contribution in [-0.2, 0) is 11.9 Å². The van der Waals surface area contributed by atoms with Crippen LogP contribution in [0.4, 0.5) is 4.39 Å². The maximum Gasteiger partial charge on any atom is 0.251 e. The van der Waals surface area contributed by atoms with Crippen molar-refractivity contribution in [3.05, 3.63) is 69.4 Å². The Morgan fingerprint density at radius 2 is 1.75 bits per heavy atom. The Morgan fingerprint density at radius 3 is 2.35 bits per heavy atom. The summed E-state index contributed by atoms with van der Waals surface area (Å²) in [6, 6.07) is 12.0. The van der Waals surface area contributed by atoms with Crippen LogP contribution in [0.1, 0.15) is 21.5 Å². The molecule has 0 spiro atoms. The van der Waals surface area contributed by atoms with E-state index in [1.807, 2.05) is 24.3 Å². The van der Waals surface area contributed by atoms with Crippen molar-refractivity contribution in [3.8, 4) is 0 Å². The minimum absolute atomic E-state index is 0.297. The number of amides is 1. The van der Waals surface area contributed by atoms with E-state index in [0.717, 1.165) is 10.9 Å². The Labute approximate surface area is 133 Å². The number of rotatable bonds is 4. The summed E-state index contributed by atoms with van der Waals surface area (Å²) in [6.07, 6.45) is 0. The summed E-state index contributed by atoms with van der Waals surface area (Å²) in [5.41, 5.74) is 2.47. The maximum atomic E-state index is 13.2. The summed E-state index contributed by atoms with van der Waals surface area (Å²) < 4.78 is 13.8. The zero-order chi connectivity index (χ0) is 14.5. The number of alkyl halides is 1. The van der Waals surface area contributed by atoms with E-state index in [1.54, 1.807) is 6.07 Å². The van der Waals surface area contributed by atoms with Crippen molar-refractivity contribution in [3.63, 3.8) is 0 Å². The highest BCUT2D eigenvalue weighted by Gasteiger charge is 2.08. The molecule has 0 unspecified atom stereocenters. The van der Waals surface area contributed by atoms with Crippen molar-refractivity contribution in [1.82, 2.24) is 5.32 Å². The van der Waals surface area contributed by atoms with Gasteiger partial charge in [-0.15, -0.1) is 0 Å². The highest BCUT2D eigenvalue weighted by molar-refractivity contribution is 9.10. The van der Waals surface area contributed by atoms with Crippen LogP contribution >= 0.6 is 31.9 Å². The monoisotopic (exact) mass is 399 g/mol. The predicted octanol–water partition coefficient (Wildman–Crippen LogP) is 4.41. The van der Waals surface area contributed by atoms with Crippen LogP contribution in [-0.4, -0.2) is 5.91 Å². The molecule has 0 aliphatic carbocycles. The van der Waals surface area contributed by atoms with Gasteiger partial charge in [-0.1, -0.05) is 56.1 Å². The highest BCUT2D eigenvalue weighted by atomic mass is 79.9. The molecule has 2 nitrogen and oxygen atoms in total. The number of halogens is 3. The molecule has 20 heavy (non-hydrogen) atoms. The third-order valence-electron chi connectivity index (χ3n) is 2.76. The van der Waals surface area contributed by atoms with Gasteiger partial charge in [-0.3, -0.25) is 4.79 Å². The van der Waals surface area contributed by atoms with E-state index in [9.17, 15) is 9.18 Å². The van der Waals surface area contributed by atoms with Gasteiger partial charge in [-0.25, -0.2) is 4.39 Å². The first-order valence-electron chi connectivity index (χ1n) is 5.96. The third-order valence-corrected chi connectivity index (χ3v) is 3.86. The van der Waals surface area contributed by atoms with Crippen molar-refractivity contribution >= 4 is 37.8 Å². The number of carbonyl (C=O) groups excluding carboxylic acids is 1. The van der Waals surface area contributed by atoms with Gasteiger partial charge in [0.1, 0.15) is 5.82 Å². The minimum atomic E-state index is -0.439. The fourth-order valence-corrected chi connectivity index (χ4v) is 2.55. The Bertz CT molecular complexity index is 594. The Hall–Kier alpha value is -1.20. The third kappa shape index (κ3) is 4.15. The molecule has 0 bridgehead atoms. The fourth-order valence-electron chi connectivity index (χ4n) is 1.72. The van der Waals surface area contributed by atoms with Crippen LogP contribution in [0.25, 0.3) is 0 Å². The van der Waals surface area contributed by atoms with Gasteiger partial charge in [0.05, 0.1) is 0 Å². The van der Waals surface area contributed by atoms with Gasteiger partial charge in [-0.2, -0.15) is 0 Å². The van der Waals surface area contributed by atoms with Gasteiger partial charge in [-0.05, 0) is 29.3 Å². The van der Waals surface area contributed by atoms with Crippen LogP contribution in [0.5, 0.6) is 0 Å². The molecule has 2 aromatic carbocycles. The van der Waals surface area contributed by atoms with Gasteiger partial charge in [0.15, 0.2) is 0 Å².